The largest absolute Gasteiger partial charge is 0.496 e. The van der Waals surface area contributed by atoms with Crippen LogP contribution < -0.4 is 9.47 Å². The van der Waals surface area contributed by atoms with Gasteiger partial charge in [0.25, 0.3) is 0 Å². The molecule has 4 aromatic rings. The first-order chi connectivity index (χ1) is 14.1. The van der Waals surface area contributed by atoms with E-state index in [0.29, 0.717) is 22.1 Å². The summed E-state index contributed by atoms with van der Waals surface area (Å²) in [6.07, 6.45) is 0.200. The van der Waals surface area contributed by atoms with Crippen molar-refractivity contribution in [3.05, 3.63) is 76.8 Å². The summed E-state index contributed by atoms with van der Waals surface area (Å²) in [4.78, 5) is 17.7. The number of fused-ring (bicyclic) bond motifs is 1. The van der Waals surface area contributed by atoms with Gasteiger partial charge in [0, 0.05) is 12.0 Å². The van der Waals surface area contributed by atoms with Gasteiger partial charge >= 0.3 is 0 Å². The molecule has 146 valence electrons. The number of hydrogen-bond donors (Lipinski definition) is 0. The highest BCUT2D eigenvalue weighted by Crippen LogP contribution is 2.36. The molecule has 1 aromatic heterocycles. The van der Waals surface area contributed by atoms with E-state index in [0.717, 1.165) is 26.4 Å². The van der Waals surface area contributed by atoms with Crippen molar-refractivity contribution in [3.63, 3.8) is 0 Å². The fourth-order valence-corrected chi connectivity index (χ4v) is 4.49. The first kappa shape index (κ1) is 19.4. The molecule has 0 aliphatic carbocycles. The molecule has 0 aliphatic heterocycles. The third kappa shape index (κ3) is 3.84. The van der Waals surface area contributed by atoms with Crippen LogP contribution in [0.15, 0.2) is 60.7 Å². The van der Waals surface area contributed by atoms with E-state index in [4.69, 9.17) is 21.1 Å². The van der Waals surface area contributed by atoms with Gasteiger partial charge in [-0.05, 0) is 42.0 Å². The lowest BCUT2D eigenvalue weighted by Gasteiger charge is -2.12. The van der Waals surface area contributed by atoms with Crippen LogP contribution in [0.3, 0.4) is 0 Å². The Bertz CT molecular complexity index is 1150. The molecule has 6 heteroatoms. The molecule has 4 nitrogen and oxygen atoms in total. The van der Waals surface area contributed by atoms with Gasteiger partial charge < -0.3 is 9.47 Å². The lowest BCUT2D eigenvalue weighted by Crippen LogP contribution is -2.08. The molecular formula is C23H18ClNO3S. The highest BCUT2D eigenvalue weighted by Gasteiger charge is 2.19. The Kier molecular flexibility index (Phi) is 5.51. The monoisotopic (exact) mass is 423 g/mol. The molecule has 0 N–H and O–H groups in total. The van der Waals surface area contributed by atoms with E-state index >= 15 is 0 Å². The highest BCUT2D eigenvalue weighted by atomic mass is 35.5. The van der Waals surface area contributed by atoms with Gasteiger partial charge in [0.05, 0.1) is 29.5 Å². The van der Waals surface area contributed by atoms with E-state index in [1.807, 2.05) is 42.5 Å². The fourth-order valence-electron chi connectivity index (χ4n) is 3.23. The first-order valence-electron chi connectivity index (χ1n) is 8.99. The second-order valence-electron chi connectivity index (χ2n) is 6.44. The molecule has 1 heterocycles. The standard InChI is InChI=1S/C23H18ClNO3S/c1-27-19-7-5-8-20(28-2)22(19)18(26)13-14-10-11-16(24)15(12-14)23-25-17-6-3-4-9-21(17)29-23/h3-12H,13H2,1-2H3. The lowest BCUT2D eigenvalue weighted by molar-refractivity contribution is 0.0987. The molecule has 0 unspecified atom stereocenters. The van der Waals surface area contributed by atoms with Gasteiger partial charge in [-0.15, -0.1) is 11.3 Å². The number of hydrogen-bond acceptors (Lipinski definition) is 5. The molecular weight excluding hydrogens is 406 g/mol. The van der Waals surface area contributed by atoms with E-state index in [9.17, 15) is 4.79 Å². The molecule has 0 amide bonds. The predicted octanol–water partition coefficient (Wildman–Crippen LogP) is 6.06. The van der Waals surface area contributed by atoms with Crippen LogP contribution in [0.1, 0.15) is 15.9 Å². The Morgan fingerprint density at radius 1 is 1.00 bits per heavy atom. The predicted molar refractivity (Wildman–Crippen MR) is 118 cm³/mol. The number of Topliss-reactive ketones (excluding diaryl/α,β-unsaturated/α-hetero) is 1. The Hall–Kier alpha value is -2.89. The summed E-state index contributed by atoms with van der Waals surface area (Å²) in [5.74, 6) is 0.904. The average Bonchev–Trinajstić information content (AvgIpc) is 3.18. The summed E-state index contributed by atoms with van der Waals surface area (Å²) in [7, 11) is 3.08. The van der Waals surface area contributed by atoms with E-state index in [-0.39, 0.29) is 12.2 Å². The number of nitrogens with zero attached hydrogens (tertiary/aromatic N) is 1. The van der Waals surface area contributed by atoms with E-state index in [1.165, 1.54) is 0 Å². The van der Waals surface area contributed by atoms with E-state index in [2.05, 4.69) is 4.98 Å². The third-order valence-corrected chi connectivity index (χ3v) is 6.03. The first-order valence-corrected chi connectivity index (χ1v) is 10.2. The summed E-state index contributed by atoms with van der Waals surface area (Å²) >= 11 is 8.03. The lowest BCUT2D eigenvalue weighted by atomic mass is 10.00. The molecule has 4 rings (SSSR count). The number of rotatable bonds is 6. The number of benzene rings is 3. The van der Waals surface area contributed by atoms with Crippen molar-refractivity contribution < 1.29 is 14.3 Å². The fraction of sp³-hybridized carbons (Fsp3) is 0.130. The smallest absolute Gasteiger partial charge is 0.174 e. The number of carbonyl (C=O) groups excluding carboxylic acids is 1. The molecule has 0 atom stereocenters. The molecule has 0 aliphatic rings. The minimum atomic E-state index is -0.0862. The topological polar surface area (TPSA) is 48.4 Å². The Balaban J connectivity index is 1.69. The van der Waals surface area contributed by atoms with Crippen LogP contribution >= 0.6 is 22.9 Å². The Morgan fingerprint density at radius 2 is 1.72 bits per heavy atom. The zero-order valence-corrected chi connectivity index (χ0v) is 17.5. The SMILES string of the molecule is COc1cccc(OC)c1C(=O)Cc1ccc(Cl)c(-c2nc3ccccc3s2)c1. The molecule has 0 bridgehead atoms. The van der Waals surface area contributed by atoms with Crippen LogP contribution in [0.5, 0.6) is 11.5 Å². The maximum absolute atomic E-state index is 13.0. The van der Waals surface area contributed by atoms with Crippen LogP contribution in [0, 0.1) is 0 Å². The second-order valence-corrected chi connectivity index (χ2v) is 7.88. The zero-order chi connectivity index (χ0) is 20.4. The van der Waals surface area contributed by atoms with Crippen LogP contribution in [0.2, 0.25) is 5.02 Å². The number of halogens is 1. The zero-order valence-electron chi connectivity index (χ0n) is 15.9. The minimum absolute atomic E-state index is 0.0862. The second kappa shape index (κ2) is 8.23. The number of aromatic nitrogens is 1. The number of ketones is 1. The number of para-hydroxylation sites is 1. The van der Waals surface area contributed by atoms with Crippen LogP contribution in [0.25, 0.3) is 20.8 Å². The van der Waals surface area contributed by atoms with Gasteiger partial charge in [0.15, 0.2) is 5.78 Å². The van der Waals surface area contributed by atoms with Crippen molar-refractivity contribution in [2.24, 2.45) is 0 Å². The van der Waals surface area contributed by atoms with Crippen molar-refractivity contribution in [2.45, 2.75) is 6.42 Å². The minimum Gasteiger partial charge on any atom is -0.496 e. The molecule has 3 aromatic carbocycles. The average molecular weight is 424 g/mol. The summed E-state index contributed by atoms with van der Waals surface area (Å²) in [5, 5.41) is 1.44. The molecule has 0 spiro atoms. The van der Waals surface area contributed by atoms with Crippen LogP contribution in [-0.2, 0) is 6.42 Å². The van der Waals surface area contributed by atoms with Gasteiger partial charge in [0.2, 0.25) is 0 Å². The van der Waals surface area contributed by atoms with Crippen molar-refractivity contribution in [3.8, 4) is 22.1 Å². The summed E-state index contributed by atoms with van der Waals surface area (Å²) in [6, 6.07) is 18.9. The highest BCUT2D eigenvalue weighted by molar-refractivity contribution is 7.21. The van der Waals surface area contributed by atoms with Crippen molar-refractivity contribution in [1.29, 1.82) is 0 Å². The quantitative estimate of drug-likeness (QED) is 0.354. The normalized spacial score (nSPS) is 10.9. The summed E-state index contributed by atoms with van der Waals surface area (Å²) in [5.41, 5.74) is 3.05. The molecule has 0 fully saturated rings. The Morgan fingerprint density at radius 3 is 2.41 bits per heavy atom. The van der Waals surface area contributed by atoms with Gasteiger partial charge in [-0.1, -0.05) is 35.9 Å². The van der Waals surface area contributed by atoms with Crippen molar-refractivity contribution in [1.82, 2.24) is 4.98 Å². The number of ether oxygens (including phenoxy) is 2. The van der Waals surface area contributed by atoms with Crippen LogP contribution in [-0.4, -0.2) is 25.0 Å². The molecule has 0 radical (unpaired) electrons. The van der Waals surface area contributed by atoms with Gasteiger partial charge in [-0.25, -0.2) is 4.98 Å². The van der Waals surface area contributed by atoms with Crippen molar-refractivity contribution in [2.75, 3.05) is 14.2 Å². The Labute approximate surface area is 177 Å². The molecule has 0 saturated heterocycles. The number of methoxy groups -OCH3 is 2. The van der Waals surface area contributed by atoms with E-state index < -0.39 is 0 Å². The number of thiazole rings is 1. The maximum atomic E-state index is 13.0. The maximum Gasteiger partial charge on any atom is 0.174 e. The molecule has 29 heavy (non-hydrogen) atoms. The molecule has 0 saturated carbocycles. The van der Waals surface area contributed by atoms with Gasteiger partial charge in [-0.2, -0.15) is 0 Å². The number of carbonyl (C=O) groups is 1. The summed E-state index contributed by atoms with van der Waals surface area (Å²) < 4.78 is 11.8. The summed E-state index contributed by atoms with van der Waals surface area (Å²) in [6.45, 7) is 0. The van der Waals surface area contributed by atoms with E-state index in [1.54, 1.807) is 43.8 Å². The third-order valence-electron chi connectivity index (χ3n) is 4.63. The van der Waals surface area contributed by atoms with Gasteiger partial charge in [-0.3, -0.25) is 4.79 Å². The van der Waals surface area contributed by atoms with Gasteiger partial charge in [0.1, 0.15) is 22.1 Å². The van der Waals surface area contributed by atoms with Crippen molar-refractivity contribution >= 4 is 38.9 Å². The van der Waals surface area contributed by atoms with Crippen LogP contribution in [0.4, 0.5) is 0 Å².